The Kier molecular flexibility index (Phi) is 9.02. The van der Waals surface area contributed by atoms with Crippen LogP contribution in [0.3, 0.4) is 0 Å². The summed E-state index contributed by atoms with van der Waals surface area (Å²) in [5.74, 6) is -0.318. The van der Waals surface area contributed by atoms with Crippen molar-refractivity contribution in [2.45, 2.75) is 76.7 Å². The number of carboxylic acids is 1. The zero-order valence-electron chi connectivity index (χ0n) is 16.1. The van der Waals surface area contributed by atoms with E-state index in [9.17, 15) is 14.4 Å². The Morgan fingerprint density at radius 3 is 2.52 bits per heavy atom. The van der Waals surface area contributed by atoms with E-state index in [1.54, 1.807) is 0 Å². The number of carboxylic acid groups (broad SMARTS) is 1. The summed E-state index contributed by atoms with van der Waals surface area (Å²) in [6, 6.07) is 9.95. The van der Waals surface area contributed by atoms with Gasteiger partial charge in [-0.2, -0.15) is 0 Å². The van der Waals surface area contributed by atoms with E-state index in [0.29, 0.717) is 25.7 Å². The Morgan fingerprint density at radius 1 is 1.04 bits per heavy atom. The Labute approximate surface area is 161 Å². The van der Waals surface area contributed by atoms with E-state index in [0.717, 1.165) is 50.6 Å². The van der Waals surface area contributed by atoms with E-state index in [4.69, 9.17) is 5.11 Å². The second kappa shape index (κ2) is 11.5. The zero-order valence-corrected chi connectivity index (χ0v) is 16.1. The molecular weight excluding hydrogens is 342 g/mol. The van der Waals surface area contributed by atoms with E-state index in [2.05, 4.69) is 0 Å². The van der Waals surface area contributed by atoms with Gasteiger partial charge in [0.1, 0.15) is 5.78 Å². The summed E-state index contributed by atoms with van der Waals surface area (Å²) < 4.78 is 0. The maximum atomic E-state index is 12.3. The van der Waals surface area contributed by atoms with Gasteiger partial charge in [-0.15, -0.1) is 0 Å². The van der Waals surface area contributed by atoms with Crippen molar-refractivity contribution in [2.75, 3.05) is 6.54 Å². The number of rotatable bonds is 12. The van der Waals surface area contributed by atoms with Gasteiger partial charge in [0, 0.05) is 38.3 Å². The molecule has 1 aliphatic rings. The smallest absolute Gasteiger partial charge is 0.303 e. The number of likely N-dealkylation sites (tertiary alicyclic amines) is 1. The topological polar surface area (TPSA) is 74.7 Å². The molecule has 1 heterocycles. The molecule has 1 aromatic rings. The maximum Gasteiger partial charge on any atom is 0.303 e. The minimum atomic E-state index is -0.749. The Bertz CT molecular complexity index is 614. The predicted octanol–water partition coefficient (Wildman–Crippen LogP) is 3.99. The highest BCUT2D eigenvalue weighted by Gasteiger charge is 2.27. The average Bonchev–Trinajstić information content (AvgIpc) is 2.65. The highest BCUT2D eigenvalue weighted by atomic mass is 16.4. The Balaban J connectivity index is 1.73. The third-order valence-corrected chi connectivity index (χ3v) is 5.23. The van der Waals surface area contributed by atoms with Crippen LogP contribution in [0.5, 0.6) is 0 Å². The number of Topliss-reactive ketones (excluding diaryl/α,β-unsaturated/α-hetero) is 1. The third-order valence-electron chi connectivity index (χ3n) is 5.23. The lowest BCUT2D eigenvalue weighted by molar-refractivity contribution is -0.137. The van der Waals surface area contributed by atoms with E-state index in [1.807, 2.05) is 35.2 Å². The van der Waals surface area contributed by atoms with Gasteiger partial charge < -0.3 is 10.0 Å². The van der Waals surface area contributed by atoms with Crippen LogP contribution in [0.25, 0.3) is 0 Å². The molecule has 0 spiro atoms. The molecule has 1 fully saturated rings. The maximum absolute atomic E-state index is 12.3. The summed E-state index contributed by atoms with van der Waals surface area (Å²) in [5.41, 5.74) is 1.04. The molecule has 0 aliphatic carbocycles. The minimum absolute atomic E-state index is 0.171. The molecule has 5 nitrogen and oxygen atoms in total. The van der Waals surface area contributed by atoms with Crippen LogP contribution in [-0.4, -0.2) is 40.3 Å². The lowest BCUT2D eigenvalue weighted by atomic mass is 9.94. The second-order valence-corrected chi connectivity index (χ2v) is 7.43. The largest absolute Gasteiger partial charge is 0.481 e. The van der Waals surface area contributed by atoms with Crippen molar-refractivity contribution in [3.05, 3.63) is 35.9 Å². The number of benzene rings is 1. The van der Waals surface area contributed by atoms with Gasteiger partial charge in [-0.25, -0.2) is 0 Å². The number of unbranched alkanes of at least 4 members (excludes halogenated alkanes) is 3. The molecule has 1 N–H and O–H groups in total. The summed E-state index contributed by atoms with van der Waals surface area (Å²) >= 11 is 0. The van der Waals surface area contributed by atoms with Gasteiger partial charge in [-0.3, -0.25) is 14.4 Å². The van der Waals surface area contributed by atoms with Crippen LogP contribution in [0, 0.1) is 0 Å². The first-order chi connectivity index (χ1) is 13.1. The van der Waals surface area contributed by atoms with Crippen molar-refractivity contribution in [3.8, 4) is 0 Å². The van der Waals surface area contributed by atoms with Gasteiger partial charge in [0.05, 0.1) is 0 Å². The van der Waals surface area contributed by atoms with Crippen molar-refractivity contribution < 1.29 is 19.5 Å². The summed E-state index contributed by atoms with van der Waals surface area (Å²) in [6.45, 7) is 0.726. The van der Waals surface area contributed by atoms with Crippen LogP contribution in [-0.2, 0) is 20.8 Å². The van der Waals surface area contributed by atoms with Crippen LogP contribution in [0.1, 0.15) is 69.8 Å². The van der Waals surface area contributed by atoms with Crippen LogP contribution >= 0.6 is 0 Å². The van der Waals surface area contributed by atoms with Crippen molar-refractivity contribution in [1.82, 2.24) is 4.90 Å². The first-order valence-corrected chi connectivity index (χ1v) is 10.1. The fraction of sp³-hybridized carbons (Fsp3) is 0.591. The predicted molar refractivity (Wildman–Crippen MR) is 104 cm³/mol. The lowest BCUT2D eigenvalue weighted by Crippen LogP contribution is -2.44. The van der Waals surface area contributed by atoms with Crippen molar-refractivity contribution >= 4 is 17.7 Å². The van der Waals surface area contributed by atoms with E-state index >= 15 is 0 Å². The number of hydrogen-bond acceptors (Lipinski definition) is 3. The monoisotopic (exact) mass is 373 g/mol. The molecule has 1 amide bonds. The number of piperidine rings is 1. The molecule has 0 radical (unpaired) electrons. The summed E-state index contributed by atoms with van der Waals surface area (Å²) in [6.07, 6.45) is 7.85. The fourth-order valence-electron chi connectivity index (χ4n) is 3.75. The van der Waals surface area contributed by atoms with E-state index < -0.39 is 5.97 Å². The van der Waals surface area contributed by atoms with Gasteiger partial charge in [-0.1, -0.05) is 43.2 Å². The summed E-state index contributed by atoms with van der Waals surface area (Å²) in [4.78, 5) is 37.1. The molecule has 0 bridgehead atoms. The minimum Gasteiger partial charge on any atom is -0.481 e. The molecule has 2 rings (SSSR count). The number of ketones is 1. The molecule has 1 aromatic carbocycles. The highest BCUT2D eigenvalue weighted by molar-refractivity contribution is 5.81. The molecule has 27 heavy (non-hydrogen) atoms. The lowest BCUT2D eigenvalue weighted by Gasteiger charge is -2.36. The van der Waals surface area contributed by atoms with Crippen LogP contribution < -0.4 is 0 Å². The SMILES string of the molecule is O=C(O)CCCCCCN1C(=O)CCCC1CCC(=O)Cc1ccccc1. The van der Waals surface area contributed by atoms with Crippen molar-refractivity contribution in [3.63, 3.8) is 0 Å². The van der Waals surface area contributed by atoms with E-state index in [-0.39, 0.29) is 24.2 Å². The molecule has 0 aromatic heterocycles. The molecule has 5 heteroatoms. The summed E-state index contributed by atoms with van der Waals surface area (Å²) in [7, 11) is 0. The number of aliphatic carboxylic acids is 1. The van der Waals surface area contributed by atoms with Crippen LogP contribution in [0.15, 0.2) is 30.3 Å². The number of hydrogen-bond donors (Lipinski definition) is 1. The molecule has 1 aliphatic heterocycles. The highest BCUT2D eigenvalue weighted by Crippen LogP contribution is 2.23. The molecule has 148 valence electrons. The van der Waals surface area contributed by atoms with E-state index in [1.165, 1.54) is 0 Å². The van der Waals surface area contributed by atoms with Crippen molar-refractivity contribution in [2.24, 2.45) is 0 Å². The standard InChI is InChI=1S/C22H31NO4/c24-20(17-18-9-4-3-5-10-18)15-14-19-11-8-12-21(25)23(19)16-7-2-1-6-13-22(26)27/h3-5,9-10,19H,1-2,6-8,11-17H2,(H,26,27). The van der Waals surface area contributed by atoms with Gasteiger partial charge >= 0.3 is 5.97 Å². The molecule has 1 unspecified atom stereocenters. The first kappa shape index (κ1) is 21.1. The van der Waals surface area contributed by atoms with Gasteiger partial charge in [0.15, 0.2) is 0 Å². The van der Waals surface area contributed by atoms with Gasteiger partial charge in [0.25, 0.3) is 0 Å². The third kappa shape index (κ3) is 7.94. The fourth-order valence-corrected chi connectivity index (χ4v) is 3.75. The molecule has 0 saturated carbocycles. The zero-order chi connectivity index (χ0) is 19.5. The quantitative estimate of drug-likeness (QED) is 0.562. The van der Waals surface area contributed by atoms with Crippen molar-refractivity contribution in [1.29, 1.82) is 0 Å². The van der Waals surface area contributed by atoms with Gasteiger partial charge in [0.2, 0.25) is 5.91 Å². The first-order valence-electron chi connectivity index (χ1n) is 10.1. The molecule has 1 saturated heterocycles. The number of amides is 1. The molecule has 1 atom stereocenters. The number of carbonyl (C=O) groups excluding carboxylic acids is 2. The average molecular weight is 373 g/mol. The normalized spacial score (nSPS) is 17.1. The molecular formula is C22H31NO4. The Morgan fingerprint density at radius 2 is 1.78 bits per heavy atom. The number of carbonyl (C=O) groups is 3. The second-order valence-electron chi connectivity index (χ2n) is 7.43. The van der Waals surface area contributed by atoms with Crippen LogP contribution in [0.4, 0.5) is 0 Å². The number of nitrogens with zero attached hydrogens (tertiary/aromatic N) is 1. The summed E-state index contributed by atoms with van der Waals surface area (Å²) in [5, 5.41) is 8.66. The van der Waals surface area contributed by atoms with Crippen LogP contribution in [0.2, 0.25) is 0 Å². The van der Waals surface area contributed by atoms with Gasteiger partial charge in [-0.05, 0) is 37.7 Å². The Hall–Kier alpha value is -2.17.